The highest BCUT2D eigenvalue weighted by molar-refractivity contribution is 5.76. The van der Waals surface area contributed by atoms with Gasteiger partial charge in [0.2, 0.25) is 5.91 Å². The summed E-state index contributed by atoms with van der Waals surface area (Å²) in [5, 5.41) is 121. The van der Waals surface area contributed by atoms with E-state index in [4.69, 9.17) is 28.4 Å². The number of ether oxygens (including phenoxy) is 6. The molecule has 0 aromatic heterocycles. The van der Waals surface area contributed by atoms with Crippen LogP contribution in [0.1, 0.15) is 316 Å². The van der Waals surface area contributed by atoms with Crippen LogP contribution in [0, 0.1) is 0 Å². The molecule has 3 fully saturated rings. The largest absolute Gasteiger partial charge is 0.394 e. The van der Waals surface area contributed by atoms with E-state index in [2.05, 4.69) is 19.2 Å². The minimum Gasteiger partial charge on any atom is -0.394 e. The summed E-state index contributed by atoms with van der Waals surface area (Å²) in [5.74, 6) is -0.267. The molecular formula is C73H139NO18. The third-order valence-electron chi connectivity index (χ3n) is 19.3. The van der Waals surface area contributed by atoms with Crippen LogP contribution in [-0.2, 0) is 33.2 Å². The average Bonchev–Trinajstić information content (AvgIpc) is 0.836. The maximum Gasteiger partial charge on any atom is 0.220 e. The topological polar surface area (TPSA) is 307 Å². The normalized spacial score (nSPS) is 27.7. The first-order chi connectivity index (χ1) is 44.8. The lowest BCUT2D eigenvalue weighted by atomic mass is 9.96. The second-order valence-electron chi connectivity index (χ2n) is 27.5. The van der Waals surface area contributed by atoms with Crippen molar-refractivity contribution in [3.8, 4) is 0 Å². The lowest BCUT2D eigenvalue weighted by Gasteiger charge is -2.48. The van der Waals surface area contributed by atoms with Crippen LogP contribution in [0.4, 0.5) is 0 Å². The molecule has 1 amide bonds. The second-order valence-corrected chi connectivity index (χ2v) is 27.5. The van der Waals surface area contributed by atoms with E-state index in [9.17, 15) is 61.0 Å². The van der Waals surface area contributed by atoms with Crippen molar-refractivity contribution in [2.24, 2.45) is 0 Å². The van der Waals surface area contributed by atoms with Crippen LogP contribution in [-0.4, -0.2) is 193 Å². The molecule has 17 atom stereocenters. The number of rotatable bonds is 60. The van der Waals surface area contributed by atoms with E-state index in [1.807, 2.05) is 6.08 Å². The maximum absolute atomic E-state index is 13.4. The van der Waals surface area contributed by atoms with Crippen LogP contribution in [0.25, 0.3) is 0 Å². The molecule has 92 heavy (non-hydrogen) atoms. The monoisotopic (exact) mass is 1320 g/mol. The molecule has 3 heterocycles. The molecule has 0 radical (unpaired) electrons. The van der Waals surface area contributed by atoms with Crippen LogP contribution < -0.4 is 5.32 Å². The van der Waals surface area contributed by atoms with E-state index in [-0.39, 0.29) is 18.9 Å². The Morgan fingerprint density at radius 3 is 1.02 bits per heavy atom. The molecule has 3 rings (SSSR count). The Hall–Kier alpha value is -1.47. The molecule has 0 bridgehead atoms. The third kappa shape index (κ3) is 36.4. The number of amides is 1. The van der Waals surface area contributed by atoms with Gasteiger partial charge in [0.05, 0.1) is 38.6 Å². The number of nitrogens with one attached hydrogen (secondary N) is 1. The number of carbonyl (C=O) groups is 1. The van der Waals surface area contributed by atoms with Crippen molar-refractivity contribution >= 4 is 5.91 Å². The lowest BCUT2D eigenvalue weighted by Crippen LogP contribution is -2.66. The van der Waals surface area contributed by atoms with Crippen LogP contribution in [0.2, 0.25) is 0 Å². The fourth-order valence-corrected chi connectivity index (χ4v) is 13.2. The van der Waals surface area contributed by atoms with Gasteiger partial charge in [0, 0.05) is 6.42 Å². The zero-order valence-corrected chi connectivity index (χ0v) is 57.8. The molecule has 3 saturated heterocycles. The van der Waals surface area contributed by atoms with Gasteiger partial charge in [-0.05, 0) is 19.3 Å². The zero-order chi connectivity index (χ0) is 66.8. The number of allylic oxidation sites excluding steroid dienone is 1. The third-order valence-corrected chi connectivity index (χ3v) is 19.3. The van der Waals surface area contributed by atoms with Crippen molar-refractivity contribution in [2.75, 3.05) is 26.4 Å². The molecule has 0 saturated carbocycles. The van der Waals surface area contributed by atoms with Crippen molar-refractivity contribution in [3.63, 3.8) is 0 Å². The van der Waals surface area contributed by atoms with Crippen molar-refractivity contribution in [1.82, 2.24) is 5.32 Å². The van der Waals surface area contributed by atoms with Gasteiger partial charge in [-0.1, -0.05) is 302 Å². The molecule has 3 aliphatic rings. The highest BCUT2D eigenvalue weighted by Crippen LogP contribution is 2.33. The maximum atomic E-state index is 13.4. The number of aliphatic hydroxyl groups is 11. The number of hydrogen-bond acceptors (Lipinski definition) is 18. The number of unbranched alkanes of at least 4 members (excludes halogenated alkanes) is 44. The van der Waals surface area contributed by atoms with Crippen LogP contribution in [0.5, 0.6) is 0 Å². The molecule has 0 aromatic rings. The van der Waals surface area contributed by atoms with Crippen LogP contribution in [0.3, 0.4) is 0 Å². The SMILES string of the molecule is CCCCCCCCCCCCCCCCCCC/C=C/C(O)C(COC1OC(CO)C(OC2OC(CO)C(OC3OC(CO)C(O)C(O)C3O)C(O)C2O)C(O)C1O)NC(=O)CCCCCCCCCCCCCCCCCCCCCCCCCCCCCC. The van der Waals surface area contributed by atoms with Gasteiger partial charge in [-0.25, -0.2) is 0 Å². The Labute approximate surface area is 556 Å². The standard InChI is InChI=1S/C73H139NO18/c1-3-5-7-9-11-13-15-17-19-21-23-24-25-26-27-28-29-30-31-33-35-37-39-41-43-45-47-49-51-61(79)74-56(57(78)50-48-46-44-42-40-38-36-34-32-22-20-18-16-14-12-10-8-6-4-2)55-87-71-67(85)64(82)69(59(53-76)89-71)92-73-68(86)65(83)70(60(54-77)90-73)91-72-66(84)63(81)62(80)58(52-75)88-72/h48,50,56-60,62-73,75-78,80-86H,3-47,49,51-55H2,1-2H3,(H,74,79)/b50-48+. The van der Waals surface area contributed by atoms with Gasteiger partial charge in [0.25, 0.3) is 0 Å². The van der Waals surface area contributed by atoms with Crippen molar-refractivity contribution in [1.29, 1.82) is 0 Å². The molecule has 19 nitrogen and oxygen atoms in total. The summed E-state index contributed by atoms with van der Waals surface area (Å²) in [5.41, 5.74) is 0. The van der Waals surface area contributed by atoms with Crippen molar-refractivity contribution in [2.45, 2.75) is 420 Å². The summed E-state index contributed by atoms with van der Waals surface area (Å²) < 4.78 is 34.4. The summed E-state index contributed by atoms with van der Waals surface area (Å²) in [4.78, 5) is 13.4. The van der Waals surface area contributed by atoms with E-state index >= 15 is 0 Å². The van der Waals surface area contributed by atoms with Crippen molar-refractivity contribution in [3.05, 3.63) is 12.2 Å². The smallest absolute Gasteiger partial charge is 0.220 e. The van der Waals surface area contributed by atoms with Gasteiger partial charge in [-0.3, -0.25) is 4.79 Å². The highest BCUT2D eigenvalue weighted by atomic mass is 16.8. The summed E-state index contributed by atoms with van der Waals surface area (Å²) in [7, 11) is 0. The predicted octanol–water partition coefficient (Wildman–Crippen LogP) is 11.2. The first-order valence-corrected chi connectivity index (χ1v) is 37.9. The Balaban J connectivity index is 1.39. The van der Waals surface area contributed by atoms with Gasteiger partial charge in [-0.2, -0.15) is 0 Å². The van der Waals surface area contributed by atoms with Gasteiger partial charge in [0.1, 0.15) is 73.2 Å². The zero-order valence-electron chi connectivity index (χ0n) is 57.8. The number of hydrogen-bond donors (Lipinski definition) is 12. The fourth-order valence-electron chi connectivity index (χ4n) is 13.2. The molecule has 17 unspecified atom stereocenters. The van der Waals surface area contributed by atoms with E-state index in [1.54, 1.807) is 6.08 Å². The van der Waals surface area contributed by atoms with Crippen molar-refractivity contribution < 1.29 is 89.4 Å². The van der Waals surface area contributed by atoms with Gasteiger partial charge in [0.15, 0.2) is 18.9 Å². The highest BCUT2D eigenvalue weighted by Gasteiger charge is 2.53. The van der Waals surface area contributed by atoms with Crippen LogP contribution in [0.15, 0.2) is 12.2 Å². The molecule has 0 aliphatic carbocycles. The Bertz CT molecular complexity index is 1720. The summed E-state index contributed by atoms with van der Waals surface area (Å²) in [6.07, 6.45) is 36.2. The molecule has 0 spiro atoms. The summed E-state index contributed by atoms with van der Waals surface area (Å²) in [6.45, 7) is 1.79. The first-order valence-electron chi connectivity index (χ1n) is 37.9. The lowest BCUT2D eigenvalue weighted by molar-refractivity contribution is -0.379. The molecular weight excluding hydrogens is 1180 g/mol. The first kappa shape index (κ1) is 84.8. The van der Waals surface area contributed by atoms with Gasteiger partial charge >= 0.3 is 0 Å². The molecule has 19 heteroatoms. The van der Waals surface area contributed by atoms with E-state index in [0.717, 1.165) is 44.9 Å². The predicted molar refractivity (Wildman–Crippen MR) is 360 cm³/mol. The van der Waals surface area contributed by atoms with E-state index < -0.39 is 124 Å². The fraction of sp³-hybridized carbons (Fsp3) is 0.959. The Morgan fingerprint density at radius 1 is 0.380 bits per heavy atom. The Kier molecular flexibility index (Phi) is 51.0. The minimum absolute atomic E-state index is 0.250. The van der Waals surface area contributed by atoms with E-state index in [1.165, 1.54) is 244 Å². The summed E-state index contributed by atoms with van der Waals surface area (Å²) in [6, 6.07) is -0.969. The molecule has 12 N–H and O–H groups in total. The van der Waals surface area contributed by atoms with E-state index in [0.29, 0.717) is 6.42 Å². The minimum atomic E-state index is -1.98. The quantitative estimate of drug-likeness (QED) is 0.0199. The second kappa shape index (κ2) is 55.4. The average molecular weight is 1320 g/mol. The molecule has 0 aromatic carbocycles. The van der Waals surface area contributed by atoms with Gasteiger partial charge in [-0.15, -0.1) is 0 Å². The van der Waals surface area contributed by atoms with Gasteiger partial charge < -0.3 is 89.9 Å². The number of aliphatic hydroxyl groups excluding tert-OH is 11. The Morgan fingerprint density at radius 2 is 0.674 bits per heavy atom. The molecule has 544 valence electrons. The molecule has 3 aliphatic heterocycles. The summed E-state index contributed by atoms with van der Waals surface area (Å²) >= 11 is 0. The number of carbonyl (C=O) groups excluding carboxylic acids is 1. The van der Waals surface area contributed by atoms with Crippen LogP contribution >= 0.6 is 0 Å².